The summed E-state index contributed by atoms with van der Waals surface area (Å²) in [6, 6.07) is 0. The molecule has 0 aliphatic heterocycles. The molecule has 1 rings (SSSR count). The van der Waals surface area contributed by atoms with Crippen LogP contribution in [0.4, 0.5) is 5.69 Å². The smallest absolute Gasteiger partial charge is 0.131 e. The molecule has 4 nitrogen and oxygen atoms in total. The molecule has 19 heavy (non-hydrogen) atoms. The Balaban J connectivity index is 3.10. The van der Waals surface area contributed by atoms with Crippen molar-refractivity contribution >= 4 is 5.69 Å². The summed E-state index contributed by atoms with van der Waals surface area (Å²) in [6.45, 7) is 11.5. The van der Waals surface area contributed by atoms with Crippen molar-refractivity contribution in [3.05, 3.63) is 17.7 Å². The lowest BCUT2D eigenvalue weighted by atomic mass is 10.2. The van der Waals surface area contributed by atoms with Crippen LogP contribution in [-0.4, -0.2) is 29.6 Å². The highest BCUT2D eigenvalue weighted by Gasteiger charge is 2.13. The van der Waals surface area contributed by atoms with Crippen LogP contribution in [-0.2, 0) is 6.54 Å². The maximum absolute atomic E-state index is 5.42. The molecule has 0 fully saturated rings. The minimum absolute atomic E-state index is 0.331. The Morgan fingerprint density at radius 2 is 2.16 bits per heavy atom. The fourth-order valence-corrected chi connectivity index (χ4v) is 1.82. The van der Waals surface area contributed by atoms with E-state index < -0.39 is 0 Å². The van der Waals surface area contributed by atoms with Gasteiger partial charge in [-0.05, 0) is 13.5 Å². The van der Waals surface area contributed by atoms with Crippen LogP contribution < -0.4 is 10.2 Å². The SMILES string of the molecule is C#CCN(CC)c1cnc(C(C)C)nc1CNCC. The maximum Gasteiger partial charge on any atom is 0.131 e. The third-order valence-electron chi connectivity index (χ3n) is 2.93. The van der Waals surface area contributed by atoms with Crippen molar-refractivity contribution in [2.45, 2.75) is 40.2 Å². The van der Waals surface area contributed by atoms with E-state index in [1.165, 1.54) is 0 Å². The molecular weight excluding hydrogens is 236 g/mol. The normalized spacial score (nSPS) is 10.5. The fraction of sp³-hybridized carbons (Fsp3) is 0.600. The molecule has 0 amide bonds. The maximum atomic E-state index is 5.42. The van der Waals surface area contributed by atoms with E-state index in [1.54, 1.807) is 0 Å². The minimum atomic E-state index is 0.331. The third kappa shape index (κ3) is 4.22. The van der Waals surface area contributed by atoms with Crippen molar-refractivity contribution < 1.29 is 0 Å². The summed E-state index contributed by atoms with van der Waals surface area (Å²) in [6.07, 6.45) is 7.32. The van der Waals surface area contributed by atoms with Gasteiger partial charge in [0.25, 0.3) is 0 Å². The van der Waals surface area contributed by atoms with Crippen molar-refractivity contribution in [3.63, 3.8) is 0 Å². The Bertz CT molecular complexity index is 434. The van der Waals surface area contributed by atoms with E-state index in [-0.39, 0.29) is 0 Å². The van der Waals surface area contributed by atoms with E-state index in [9.17, 15) is 0 Å². The topological polar surface area (TPSA) is 41.1 Å². The number of nitrogens with zero attached hydrogens (tertiary/aromatic N) is 3. The van der Waals surface area contributed by atoms with E-state index in [4.69, 9.17) is 6.42 Å². The Hall–Kier alpha value is -1.60. The van der Waals surface area contributed by atoms with Gasteiger partial charge < -0.3 is 10.2 Å². The summed E-state index contributed by atoms with van der Waals surface area (Å²) in [7, 11) is 0. The standard InChI is InChI=1S/C15H24N4/c1-6-9-19(8-3)14-11-17-15(12(4)5)18-13(14)10-16-7-2/h1,11-12,16H,7-10H2,2-5H3. The molecule has 0 atom stereocenters. The lowest BCUT2D eigenvalue weighted by Crippen LogP contribution is -2.27. The van der Waals surface area contributed by atoms with Crippen molar-refractivity contribution in [3.8, 4) is 12.3 Å². The fourth-order valence-electron chi connectivity index (χ4n) is 1.82. The number of anilines is 1. The van der Waals surface area contributed by atoms with E-state index in [1.807, 2.05) is 6.20 Å². The van der Waals surface area contributed by atoms with E-state index >= 15 is 0 Å². The van der Waals surface area contributed by atoms with Gasteiger partial charge in [0.2, 0.25) is 0 Å². The third-order valence-corrected chi connectivity index (χ3v) is 2.93. The molecule has 1 heterocycles. The molecule has 0 aliphatic carbocycles. The lowest BCUT2D eigenvalue weighted by molar-refractivity contribution is 0.682. The second kappa shape index (κ2) is 7.75. The van der Waals surface area contributed by atoms with Gasteiger partial charge in [0.05, 0.1) is 24.1 Å². The molecule has 104 valence electrons. The van der Waals surface area contributed by atoms with Gasteiger partial charge in [-0.3, -0.25) is 0 Å². The number of rotatable bonds is 7. The average Bonchev–Trinajstić information content (AvgIpc) is 2.42. The summed E-state index contributed by atoms with van der Waals surface area (Å²) in [5.41, 5.74) is 2.06. The summed E-state index contributed by atoms with van der Waals surface area (Å²) in [5.74, 6) is 3.90. The van der Waals surface area contributed by atoms with E-state index in [0.29, 0.717) is 12.5 Å². The summed E-state index contributed by atoms with van der Waals surface area (Å²) in [5, 5.41) is 3.32. The van der Waals surface area contributed by atoms with Crippen molar-refractivity contribution in [1.82, 2.24) is 15.3 Å². The lowest BCUT2D eigenvalue weighted by Gasteiger charge is -2.23. The van der Waals surface area contributed by atoms with Gasteiger partial charge in [-0.15, -0.1) is 6.42 Å². The van der Waals surface area contributed by atoms with Gasteiger partial charge in [0, 0.05) is 19.0 Å². The van der Waals surface area contributed by atoms with Crippen LogP contribution in [0.2, 0.25) is 0 Å². The molecule has 1 N–H and O–H groups in total. The monoisotopic (exact) mass is 260 g/mol. The van der Waals surface area contributed by atoms with Gasteiger partial charge >= 0.3 is 0 Å². The summed E-state index contributed by atoms with van der Waals surface area (Å²) < 4.78 is 0. The zero-order valence-electron chi connectivity index (χ0n) is 12.4. The van der Waals surface area contributed by atoms with Crippen LogP contribution in [0.1, 0.15) is 45.1 Å². The number of hydrogen-bond acceptors (Lipinski definition) is 4. The average molecular weight is 260 g/mol. The summed E-state index contributed by atoms with van der Waals surface area (Å²) in [4.78, 5) is 11.2. The zero-order chi connectivity index (χ0) is 14.3. The van der Waals surface area contributed by atoms with Crippen LogP contribution in [0, 0.1) is 12.3 Å². The van der Waals surface area contributed by atoms with Gasteiger partial charge in [-0.1, -0.05) is 26.7 Å². The van der Waals surface area contributed by atoms with E-state index in [2.05, 4.69) is 53.8 Å². The Morgan fingerprint density at radius 1 is 1.42 bits per heavy atom. The first kappa shape index (κ1) is 15.5. The van der Waals surface area contributed by atoms with Crippen molar-refractivity contribution in [1.29, 1.82) is 0 Å². The second-order valence-corrected chi connectivity index (χ2v) is 4.71. The molecule has 0 radical (unpaired) electrons. The second-order valence-electron chi connectivity index (χ2n) is 4.71. The number of nitrogens with one attached hydrogen (secondary N) is 1. The highest BCUT2D eigenvalue weighted by molar-refractivity contribution is 5.50. The van der Waals surface area contributed by atoms with Gasteiger partial charge in [0.15, 0.2) is 0 Å². The Morgan fingerprint density at radius 3 is 2.68 bits per heavy atom. The molecule has 0 saturated carbocycles. The first-order valence-electron chi connectivity index (χ1n) is 6.88. The highest BCUT2D eigenvalue weighted by Crippen LogP contribution is 2.20. The number of hydrogen-bond donors (Lipinski definition) is 1. The molecule has 4 heteroatoms. The Labute approximate surface area is 116 Å². The predicted octanol–water partition coefficient (Wildman–Crippen LogP) is 2.17. The highest BCUT2D eigenvalue weighted by atomic mass is 15.1. The van der Waals surface area contributed by atoms with E-state index in [0.717, 1.165) is 36.8 Å². The zero-order valence-corrected chi connectivity index (χ0v) is 12.4. The number of aromatic nitrogens is 2. The minimum Gasteiger partial charge on any atom is -0.358 e. The molecule has 0 bridgehead atoms. The van der Waals surface area contributed by atoms with Gasteiger partial charge in [-0.2, -0.15) is 0 Å². The summed E-state index contributed by atoms with van der Waals surface area (Å²) >= 11 is 0. The number of terminal acetylenes is 1. The first-order chi connectivity index (χ1) is 9.13. The molecule has 1 aromatic rings. The molecule has 1 aromatic heterocycles. The molecule has 0 aromatic carbocycles. The van der Waals surface area contributed by atoms with Crippen LogP contribution in [0.25, 0.3) is 0 Å². The first-order valence-corrected chi connectivity index (χ1v) is 6.88. The molecule has 0 spiro atoms. The molecule has 0 saturated heterocycles. The van der Waals surface area contributed by atoms with Crippen LogP contribution in [0.15, 0.2) is 6.20 Å². The predicted molar refractivity (Wildman–Crippen MR) is 80.2 cm³/mol. The molecule has 0 aliphatic rings. The molecule has 0 unspecified atom stereocenters. The van der Waals surface area contributed by atoms with Crippen LogP contribution in [0.5, 0.6) is 0 Å². The molecular formula is C15H24N4. The van der Waals surface area contributed by atoms with Gasteiger partial charge in [0.1, 0.15) is 5.82 Å². The van der Waals surface area contributed by atoms with Crippen LogP contribution in [0.3, 0.4) is 0 Å². The Kier molecular flexibility index (Phi) is 6.31. The van der Waals surface area contributed by atoms with Crippen molar-refractivity contribution in [2.75, 3.05) is 24.5 Å². The van der Waals surface area contributed by atoms with Gasteiger partial charge in [-0.25, -0.2) is 9.97 Å². The van der Waals surface area contributed by atoms with Crippen molar-refractivity contribution in [2.24, 2.45) is 0 Å². The largest absolute Gasteiger partial charge is 0.358 e. The quantitative estimate of drug-likeness (QED) is 0.763. The van der Waals surface area contributed by atoms with Crippen LogP contribution >= 0.6 is 0 Å².